The van der Waals surface area contributed by atoms with Gasteiger partial charge in [-0.2, -0.15) is 0 Å². The van der Waals surface area contributed by atoms with E-state index < -0.39 is 0 Å². The van der Waals surface area contributed by atoms with Crippen LogP contribution in [0.15, 0.2) is 42.6 Å². The Morgan fingerprint density at radius 2 is 2.05 bits per heavy atom. The first-order valence-electron chi connectivity index (χ1n) is 7.80. The van der Waals surface area contributed by atoms with E-state index >= 15 is 0 Å². The molecule has 1 N–H and O–H groups in total. The topological polar surface area (TPSA) is 19.0 Å². The third-order valence-electron chi connectivity index (χ3n) is 5.40. The molecule has 0 radical (unpaired) electrons. The van der Waals surface area contributed by atoms with Crippen LogP contribution < -0.4 is 0 Å². The zero-order chi connectivity index (χ0) is 14.8. The van der Waals surface area contributed by atoms with E-state index in [9.17, 15) is 0 Å². The van der Waals surface area contributed by atoms with Crippen molar-refractivity contribution in [2.75, 3.05) is 7.05 Å². The van der Waals surface area contributed by atoms with E-state index in [-0.39, 0.29) is 0 Å². The number of H-pyrrole nitrogens is 1. The number of aromatic nitrogens is 1. The highest BCUT2D eigenvalue weighted by Crippen LogP contribution is 2.46. The lowest BCUT2D eigenvalue weighted by molar-refractivity contribution is 0.193. The van der Waals surface area contributed by atoms with Crippen molar-refractivity contribution in [2.24, 2.45) is 0 Å². The van der Waals surface area contributed by atoms with Crippen molar-refractivity contribution in [3.63, 3.8) is 0 Å². The van der Waals surface area contributed by atoms with Gasteiger partial charge in [0.1, 0.15) is 0 Å². The average molecular weight is 309 g/mol. The summed E-state index contributed by atoms with van der Waals surface area (Å²) >= 11 is 6.31. The number of benzene rings is 2. The Balaban J connectivity index is 1.83. The maximum atomic E-state index is 6.31. The predicted molar refractivity (Wildman–Crippen MR) is 90.6 cm³/mol. The van der Waals surface area contributed by atoms with Crippen LogP contribution in [0.3, 0.4) is 0 Å². The van der Waals surface area contributed by atoms with Crippen molar-refractivity contribution in [2.45, 2.75) is 24.9 Å². The largest absolute Gasteiger partial charge is 0.361 e. The zero-order valence-corrected chi connectivity index (χ0v) is 13.2. The first kappa shape index (κ1) is 12.7. The molecule has 0 bridgehead atoms. The zero-order valence-electron chi connectivity index (χ0n) is 12.4. The molecule has 1 aliphatic carbocycles. The van der Waals surface area contributed by atoms with Gasteiger partial charge in [-0.05, 0) is 53.9 Å². The minimum absolute atomic E-state index is 0.416. The second kappa shape index (κ2) is 4.37. The minimum Gasteiger partial charge on any atom is -0.361 e. The molecule has 2 aliphatic rings. The van der Waals surface area contributed by atoms with E-state index in [1.54, 1.807) is 0 Å². The molecule has 3 aromatic rings. The molecular formula is C19H17ClN2. The molecule has 1 aliphatic heterocycles. The molecule has 0 saturated carbocycles. The molecule has 0 saturated heterocycles. The van der Waals surface area contributed by atoms with Crippen LogP contribution in [0.2, 0.25) is 5.02 Å². The molecule has 0 unspecified atom stereocenters. The van der Waals surface area contributed by atoms with Crippen LogP contribution in [0.1, 0.15) is 28.2 Å². The van der Waals surface area contributed by atoms with Gasteiger partial charge in [-0.25, -0.2) is 0 Å². The predicted octanol–water partition coefficient (Wildman–Crippen LogP) is 4.32. The molecule has 2 nitrogen and oxygen atoms in total. The van der Waals surface area contributed by atoms with Gasteiger partial charge in [-0.3, -0.25) is 4.90 Å². The monoisotopic (exact) mass is 308 g/mol. The molecule has 2 atom stereocenters. The maximum Gasteiger partial charge on any atom is 0.0459 e. The molecule has 0 amide bonds. The second-order valence-electron chi connectivity index (χ2n) is 6.59. The normalized spacial score (nSPS) is 23.4. The van der Waals surface area contributed by atoms with Gasteiger partial charge in [0.15, 0.2) is 0 Å². The summed E-state index contributed by atoms with van der Waals surface area (Å²) in [4.78, 5) is 5.93. The third-order valence-corrected chi connectivity index (χ3v) is 5.63. The van der Waals surface area contributed by atoms with Gasteiger partial charge >= 0.3 is 0 Å². The molecule has 2 heterocycles. The highest BCUT2D eigenvalue weighted by molar-refractivity contribution is 6.30. The summed E-state index contributed by atoms with van der Waals surface area (Å²) in [6.07, 6.45) is 3.29. The van der Waals surface area contributed by atoms with Gasteiger partial charge < -0.3 is 4.98 Å². The van der Waals surface area contributed by atoms with Crippen molar-refractivity contribution in [3.05, 3.63) is 69.9 Å². The van der Waals surface area contributed by atoms with Crippen LogP contribution in [0.5, 0.6) is 0 Å². The number of halogens is 1. The number of nitrogens with zero attached hydrogens (tertiary/aromatic N) is 1. The Morgan fingerprint density at radius 1 is 1.14 bits per heavy atom. The van der Waals surface area contributed by atoms with Gasteiger partial charge in [0.25, 0.3) is 0 Å². The number of aromatic amines is 1. The maximum absolute atomic E-state index is 6.31. The van der Waals surface area contributed by atoms with Crippen molar-refractivity contribution >= 4 is 22.5 Å². The summed E-state index contributed by atoms with van der Waals surface area (Å²) in [6.45, 7) is 1.00. The van der Waals surface area contributed by atoms with Gasteiger partial charge in [-0.15, -0.1) is 0 Å². The lowest BCUT2D eigenvalue weighted by Crippen LogP contribution is -2.44. The highest BCUT2D eigenvalue weighted by Gasteiger charge is 2.38. The van der Waals surface area contributed by atoms with Crippen LogP contribution in [0.4, 0.5) is 0 Å². The van der Waals surface area contributed by atoms with Gasteiger partial charge in [0.2, 0.25) is 0 Å². The minimum atomic E-state index is 0.416. The molecule has 2 aromatic carbocycles. The van der Waals surface area contributed by atoms with E-state index in [1.165, 1.54) is 33.2 Å². The van der Waals surface area contributed by atoms with E-state index in [0.29, 0.717) is 12.0 Å². The summed E-state index contributed by atoms with van der Waals surface area (Å²) in [5.74, 6) is 0.416. The first-order chi connectivity index (χ1) is 10.7. The lowest BCUT2D eigenvalue weighted by atomic mass is 9.72. The molecule has 0 spiro atoms. The van der Waals surface area contributed by atoms with Gasteiger partial charge in [-0.1, -0.05) is 29.8 Å². The van der Waals surface area contributed by atoms with Crippen LogP contribution in [0.25, 0.3) is 10.9 Å². The fraction of sp³-hybridized carbons (Fsp3) is 0.263. The Labute approximate surface area is 134 Å². The molecule has 110 valence electrons. The van der Waals surface area contributed by atoms with E-state index in [0.717, 1.165) is 18.0 Å². The van der Waals surface area contributed by atoms with Crippen molar-refractivity contribution in [3.8, 4) is 0 Å². The Bertz CT molecular complexity index is 896. The summed E-state index contributed by atoms with van der Waals surface area (Å²) in [7, 11) is 2.24. The van der Waals surface area contributed by atoms with Crippen molar-refractivity contribution < 1.29 is 0 Å². The van der Waals surface area contributed by atoms with Gasteiger partial charge in [0, 0.05) is 40.6 Å². The molecule has 22 heavy (non-hydrogen) atoms. The Hall–Kier alpha value is -1.77. The second-order valence-corrected chi connectivity index (χ2v) is 7.03. The summed E-state index contributed by atoms with van der Waals surface area (Å²) in [6, 6.07) is 13.5. The van der Waals surface area contributed by atoms with Crippen molar-refractivity contribution in [1.29, 1.82) is 0 Å². The smallest absolute Gasteiger partial charge is 0.0459 e. The Morgan fingerprint density at radius 3 is 2.95 bits per heavy atom. The number of fused-ring (bicyclic) bond motifs is 4. The highest BCUT2D eigenvalue weighted by atomic mass is 35.5. The van der Waals surface area contributed by atoms with Crippen molar-refractivity contribution in [1.82, 2.24) is 9.88 Å². The standard InChI is InChI=1S/C19H17ClN2/c1-22-10-11-5-6-13(20)8-15(11)19-14-3-2-4-16-18(14)12(9-21-16)7-17(19)22/h2-6,8-9,17,19,21H,7,10H2,1H3/t17-,19+/m0/s1. The molecular weight excluding hydrogens is 292 g/mol. The Kier molecular flexibility index (Phi) is 2.53. The number of nitrogens with one attached hydrogen (secondary N) is 1. The van der Waals surface area contributed by atoms with Crippen LogP contribution >= 0.6 is 11.6 Å². The number of rotatable bonds is 0. The van der Waals surface area contributed by atoms with E-state index in [2.05, 4.69) is 53.5 Å². The quantitative estimate of drug-likeness (QED) is 0.655. The van der Waals surface area contributed by atoms with E-state index in [1.807, 2.05) is 6.07 Å². The average Bonchev–Trinajstić information content (AvgIpc) is 2.93. The van der Waals surface area contributed by atoms with Crippen LogP contribution in [-0.4, -0.2) is 23.0 Å². The first-order valence-corrected chi connectivity index (χ1v) is 8.17. The fourth-order valence-corrected chi connectivity index (χ4v) is 4.61. The molecule has 1 aromatic heterocycles. The van der Waals surface area contributed by atoms with E-state index in [4.69, 9.17) is 11.6 Å². The molecule has 3 heteroatoms. The molecule has 0 fully saturated rings. The number of hydrogen-bond acceptors (Lipinski definition) is 1. The number of likely N-dealkylation sites (N-methyl/N-ethyl adjacent to an activating group) is 1. The summed E-state index contributed by atoms with van der Waals surface area (Å²) in [5.41, 5.74) is 6.96. The van der Waals surface area contributed by atoms with Gasteiger partial charge in [0.05, 0.1) is 0 Å². The van der Waals surface area contributed by atoms with Crippen LogP contribution in [-0.2, 0) is 13.0 Å². The molecule has 5 rings (SSSR count). The third kappa shape index (κ3) is 1.60. The summed E-state index contributed by atoms with van der Waals surface area (Å²) < 4.78 is 0. The summed E-state index contributed by atoms with van der Waals surface area (Å²) in [5, 5.41) is 2.26. The van der Waals surface area contributed by atoms with Crippen LogP contribution in [0, 0.1) is 0 Å². The SMILES string of the molecule is CN1Cc2ccc(Cl)cc2[C@H]2c3cccc4[nH]cc(c34)C[C@@H]21. The number of hydrogen-bond donors (Lipinski definition) is 1. The fourth-order valence-electron chi connectivity index (χ4n) is 4.43. The lowest BCUT2D eigenvalue weighted by Gasteiger charge is -2.43.